The molecule has 146 valence electrons. The van der Waals surface area contributed by atoms with E-state index in [1.807, 2.05) is 55.5 Å². The molecule has 0 fully saturated rings. The summed E-state index contributed by atoms with van der Waals surface area (Å²) in [5.74, 6) is 0.487. The molecule has 1 aromatic heterocycles. The third-order valence-corrected chi connectivity index (χ3v) is 5.18. The number of rotatable bonds is 5. The first-order valence-corrected chi connectivity index (χ1v) is 9.86. The van der Waals surface area contributed by atoms with Crippen LogP contribution in [0.25, 0.3) is 22.6 Å². The Morgan fingerprint density at radius 1 is 0.966 bits per heavy atom. The molecule has 0 atom stereocenters. The van der Waals surface area contributed by atoms with Crippen LogP contribution in [-0.4, -0.2) is 9.97 Å². The van der Waals surface area contributed by atoms with Gasteiger partial charge in [0.1, 0.15) is 11.6 Å². The third-order valence-electron chi connectivity index (χ3n) is 4.62. The van der Waals surface area contributed by atoms with E-state index in [1.165, 1.54) is 12.1 Å². The summed E-state index contributed by atoms with van der Waals surface area (Å²) >= 11 is 12.4. The SMILES string of the molecule is Cc1[nH]c(-c2ccc(NCc3cccc(F)c3)c(Cl)c2)nc1-c1ccc(Cl)cc1. The molecule has 0 amide bonds. The normalized spacial score (nSPS) is 10.9. The number of hydrogen-bond acceptors (Lipinski definition) is 2. The Balaban J connectivity index is 1.55. The predicted octanol–water partition coefficient (Wildman–Crippen LogP) is 7.11. The highest BCUT2D eigenvalue weighted by molar-refractivity contribution is 6.33. The van der Waals surface area contributed by atoms with Crippen molar-refractivity contribution >= 4 is 28.9 Å². The quantitative estimate of drug-likeness (QED) is 0.357. The van der Waals surface area contributed by atoms with Gasteiger partial charge in [0, 0.05) is 28.4 Å². The fourth-order valence-corrected chi connectivity index (χ4v) is 3.51. The Bertz CT molecular complexity index is 1150. The highest BCUT2D eigenvalue weighted by Gasteiger charge is 2.12. The van der Waals surface area contributed by atoms with Gasteiger partial charge in [0.2, 0.25) is 0 Å². The van der Waals surface area contributed by atoms with Gasteiger partial charge in [-0.1, -0.05) is 47.5 Å². The maximum absolute atomic E-state index is 13.3. The fourth-order valence-electron chi connectivity index (χ4n) is 3.14. The molecular formula is C23H18Cl2FN3. The van der Waals surface area contributed by atoms with E-state index in [-0.39, 0.29) is 5.82 Å². The van der Waals surface area contributed by atoms with Gasteiger partial charge in [-0.25, -0.2) is 9.37 Å². The number of anilines is 1. The summed E-state index contributed by atoms with van der Waals surface area (Å²) in [6, 6.07) is 19.8. The topological polar surface area (TPSA) is 40.7 Å². The van der Waals surface area contributed by atoms with Crippen LogP contribution in [0.4, 0.5) is 10.1 Å². The Morgan fingerprint density at radius 3 is 2.45 bits per heavy atom. The summed E-state index contributed by atoms with van der Waals surface area (Å²) in [5, 5.41) is 4.50. The average Bonchev–Trinajstić information content (AvgIpc) is 3.09. The van der Waals surface area contributed by atoms with Crippen LogP contribution in [0, 0.1) is 12.7 Å². The number of H-pyrrole nitrogens is 1. The lowest BCUT2D eigenvalue weighted by molar-refractivity contribution is 0.626. The Morgan fingerprint density at radius 2 is 1.72 bits per heavy atom. The van der Waals surface area contributed by atoms with E-state index in [2.05, 4.69) is 10.3 Å². The van der Waals surface area contributed by atoms with E-state index >= 15 is 0 Å². The number of aromatic nitrogens is 2. The summed E-state index contributed by atoms with van der Waals surface area (Å²) in [6.45, 7) is 2.47. The Labute approximate surface area is 178 Å². The lowest BCUT2D eigenvalue weighted by atomic mass is 10.1. The van der Waals surface area contributed by atoms with Crippen LogP contribution in [0.3, 0.4) is 0 Å². The molecule has 2 N–H and O–H groups in total. The molecule has 0 aliphatic carbocycles. The van der Waals surface area contributed by atoms with E-state index in [1.54, 1.807) is 6.07 Å². The van der Waals surface area contributed by atoms with Crippen molar-refractivity contribution in [3.63, 3.8) is 0 Å². The van der Waals surface area contributed by atoms with Crippen LogP contribution in [-0.2, 0) is 6.54 Å². The summed E-state index contributed by atoms with van der Waals surface area (Å²) < 4.78 is 13.3. The lowest BCUT2D eigenvalue weighted by Crippen LogP contribution is -2.00. The van der Waals surface area contributed by atoms with Gasteiger partial charge in [-0.05, 0) is 55.0 Å². The van der Waals surface area contributed by atoms with Gasteiger partial charge < -0.3 is 10.3 Å². The zero-order chi connectivity index (χ0) is 20.4. The van der Waals surface area contributed by atoms with E-state index in [9.17, 15) is 4.39 Å². The minimum atomic E-state index is -0.254. The number of aromatic amines is 1. The van der Waals surface area contributed by atoms with Crippen molar-refractivity contribution in [2.45, 2.75) is 13.5 Å². The lowest BCUT2D eigenvalue weighted by Gasteiger charge is -2.10. The maximum atomic E-state index is 13.3. The number of aryl methyl sites for hydroxylation is 1. The second-order valence-corrected chi connectivity index (χ2v) is 7.59. The number of benzene rings is 3. The molecular weight excluding hydrogens is 408 g/mol. The average molecular weight is 426 g/mol. The van der Waals surface area contributed by atoms with Crippen LogP contribution < -0.4 is 5.32 Å². The number of nitrogens with zero attached hydrogens (tertiary/aromatic N) is 1. The molecule has 29 heavy (non-hydrogen) atoms. The molecule has 0 aliphatic heterocycles. The van der Waals surface area contributed by atoms with E-state index in [4.69, 9.17) is 28.2 Å². The third kappa shape index (κ3) is 4.44. The van der Waals surface area contributed by atoms with Gasteiger partial charge in [-0.3, -0.25) is 0 Å². The molecule has 0 radical (unpaired) electrons. The standard InChI is InChI=1S/C23H18Cl2FN3/c1-14-22(16-5-8-18(24)9-6-16)29-23(28-14)17-7-10-21(20(25)12-17)27-13-15-3-2-4-19(26)11-15/h2-12,27H,13H2,1H3,(H,28,29). The van der Waals surface area contributed by atoms with E-state index in [0.717, 1.165) is 39.6 Å². The first kappa shape index (κ1) is 19.5. The fraction of sp³-hybridized carbons (Fsp3) is 0.0870. The molecule has 3 nitrogen and oxygen atoms in total. The van der Waals surface area contributed by atoms with E-state index in [0.29, 0.717) is 16.6 Å². The number of halogens is 3. The summed E-state index contributed by atoms with van der Waals surface area (Å²) in [4.78, 5) is 8.05. The number of imidazole rings is 1. The second kappa shape index (κ2) is 8.27. The smallest absolute Gasteiger partial charge is 0.138 e. The van der Waals surface area contributed by atoms with Crippen LogP contribution in [0.5, 0.6) is 0 Å². The van der Waals surface area contributed by atoms with Crippen molar-refractivity contribution in [2.75, 3.05) is 5.32 Å². The maximum Gasteiger partial charge on any atom is 0.138 e. The number of hydrogen-bond donors (Lipinski definition) is 2. The van der Waals surface area contributed by atoms with Crippen molar-refractivity contribution in [2.24, 2.45) is 0 Å². The monoisotopic (exact) mass is 425 g/mol. The molecule has 0 aliphatic rings. The van der Waals surface area contributed by atoms with Crippen molar-refractivity contribution in [1.29, 1.82) is 0 Å². The van der Waals surface area contributed by atoms with Crippen LogP contribution >= 0.6 is 23.2 Å². The Hall–Kier alpha value is -2.82. The molecule has 1 heterocycles. The molecule has 6 heteroatoms. The minimum absolute atomic E-state index is 0.254. The van der Waals surface area contributed by atoms with Gasteiger partial charge in [0.05, 0.1) is 16.4 Å². The van der Waals surface area contributed by atoms with E-state index < -0.39 is 0 Å². The molecule has 0 saturated carbocycles. The second-order valence-electron chi connectivity index (χ2n) is 6.74. The molecule has 4 aromatic rings. The molecule has 0 spiro atoms. The van der Waals surface area contributed by atoms with Gasteiger partial charge in [-0.2, -0.15) is 0 Å². The summed E-state index contributed by atoms with van der Waals surface area (Å²) in [6.07, 6.45) is 0. The molecule has 0 unspecified atom stereocenters. The predicted molar refractivity (Wildman–Crippen MR) is 118 cm³/mol. The first-order chi connectivity index (χ1) is 14.0. The molecule has 0 bridgehead atoms. The van der Waals surface area contributed by atoms with Gasteiger partial charge in [-0.15, -0.1) is 0 Å². The van der Waals surface area contributed by atoms with Gasteiger partial charge in [0.15, 0.2) is 0 Å². The molecule has 3 aromatic carbocycles. The molecule has 4 rings (SSSR count). The highest BCUT2D eigenvalue weighted by Crippen LogP contribution is 2.31. The molecule has 0 saturated heterocycles. The Kier molecular flexibility index (Phi) is 5.56. The van der Waals surface area contributed by atoms with Gasteiger partial charge in [0.25, 0.3) is 0 Å². The van der Waals surface area contributed by atoms with Crippen LogP contribution in [0.1, 0.15) is 11.3 Å². The van der Waals surface area contributed by atoms with Crippen molar-refractivity contribution in [3.05, 3.63) is 93.8 Å². The first-order valence-electron chi connectivity index (χ1n) is 9.10. The van der Waals surface area contributed by atoms with Gasteiger partial charge >= 0.3 is 0 Å². The highest BCUT2D eigenvalue weighted by atomic mass is 35.5. The minimum Gasteiger partial charge on any atom is -0.380 e. The van der Waals surface area contributed by atoms with Crippen molar-refractivity contribution in [1.82, 2.24) is 9.97 Å². The zero-order valence-corrected chi connectivity index (χ0v) is 17.2. The zero-order valence-electron chi connectivity index (χ0n) is 15.6. The largest absolute Gasteiger partial charge is 0.380 e. The van der Waals surface area contributed by atoms with Crippen molar-refractivity contribution in [3.8, 4) is 22.6 Å². The van der Waals surface area contributed by atoms with Crippen LogP contribution in [0.2, 0.25) is 10.0 Å². The summed E-state index contributed by atoms with van der Waals surface area (Å²) in [7, 11) is 0. The van der Waals surface area contributed by atoms with Crippen molar-refractivity contribution < 1.29 is 4.39 Å². The number of nitrogens with one attached hydrogen (secondary N) is 2. The van der Waals surface area contributed by atoms with Crippen LogP contribution in [0.15, 0.2) is 66.7 Å². The summed E-state index contributed by atoms with van der Waals surface area (Å²) in [5.41, 5.74) is 5.34.